The third-order valence-electron chi connectivity index (χ3n) is 5.36. The van der Waals surface area contributed by atoms with Gasteiger partial charge in [-0.2, -0.15) is 0 Å². The lowest BCUT2D eigenvalue weighted by Gasteiger charge is -2.43. The zero-order chi connectivity index (χ0) is 16.6. The van der Waals surface area contributed by atoms with Gasteiger partial charge in [0.25, 0.3) is 11.8 Å². The van der Waals surface area contributed by atoms with Crippen molar-refractivity contribution >= 4 is 11.8 Å². The van der Waals surface area contributed by atoms with Crippen molar-refractivity contribution in [3.05, 3.63) is 23.7 Å². The van der Waals surface area contributed by atoms with E-state index in [1.54, 1.807) is 0 Å². The summed E-state index contributed by atoms with van der Waals surface area (Å²) >= 11 is 0. The van der Waals surface area contributed by atoms with Crippen LogP contribution in [0.3, 0.4) is 0 Å². The first-order chi connectivity index (χ1) is 10.9. The predicted octanol–water partition coefficient (Wildman–Crippen LogP) is 1.92. The van der Waals surface area contributed by atoms with Gasteiger partial charge in [-0.15, -0.1) is 0 Å². The second-order valence-corrected chi connectivity index (χ2v) is 6.98. The maximum Gasteiger partial charge on any atom is 0.284 e. The number of nitrogens with zero attached hydrogens (tertiary/aromatic N) is 1. The number of hydrogen-bond acceptors (Lipinski definition) is 4. The zero-order valence-electron chi connectivity index (χ0n) is 13.5. The summed E-state index contributed by atoms with van der Waals surface area (Å²) in [6, 6.07) is 1.45. The number of likely N-dealkylation sites (tertiary alicyclic amines) is 1. The zero-order valence-corrected chi connectivity index (χ0v) is 13.5. The van der Waals surface area contributed by atoms with Crippen LogP contribution < -0.4 is 5.73 Å². The summed E-state index contributed by atoms with van der Waals surface area (Å²) in [5, 5.41) is 10.7. The van der Waals surface area contributed by atoms with Crippen LogP contribution in [0.1, 0.15) is 66.4 Å². The molecule has 0 aromatic carbocycles. The average molecular weight is 320 g/mol. The standard InChI is InChI=1S/C17H24N2O4/c1-17(22)7-3-2-5-12(17)13-6-4-8-19(13)16(21)11-9-14(15(18)20)23-10-11/h9-10,12-13,22H,2-8H2,1H3,(H2,18,20)/t12-,13+,17+/m1/s1. The Kier molecular flexibility index (Phi) is 4.19. The second kappa shape index (κ2) is 6.00. The van der Waals surface area contributed by atoms with Gasteiger partial charge in [0.15, 0.2) is 5.76 Å². The molecule has 3 N–H and O–H groups in total. The molecule has 2 aliphatic rings. The summed E-state index contributed by atoms with van der Waals surface area (Å²) in [5.41, 5.74) is 4.80. The van der Waals surface area contributed by atoms with E-state index in [1.165, 1.54) is 12.3 Å². The molecule has 0 bridgehead atoms. The fraction of sp³-hybridized carbons (Fsp3) is 0.647. The van der Waals surface area contributed by atoms with Crippen molar-refractivity contribution in [2.45, 2.75) is 57.1 Å². The molecule has 2 amide bonds. The van der Waals surface area contributed by atoms with E-state index >= 15 is 0 Å². The molecule has 6 nitrogen and oxygen atoms in total. The van der Waals surface area contributed by atoms with Gasteiger partial charge in [-0.3, -0.25) is 9.59 Å². The maximum absolute atomic E-state index is 12.8. The molecule has 1 aliphatic carbocycles. The number of furan rings is 1. The first-order valence-corrected chi connectivity index (χ1v) is 8.32. The molecule has 1 saturated carbocycles. The van der Waals surface area contributed by atoms with Crippen LogP contribution in [0.5, 0.6) is 0 Å². The van der Waals surface area contributed by atoms with Crippen LogP contribution in [0.4, 0.5) is 0 Å². The molecule has 6 heteroatoms. The van der Waals surface area contributed by atoms with E-state index in [-0.39, 0.29) is 23.6 Å². The summed E-state index contributed by atoms with van der Waals surface area (Å²) in [6.07, 6.45) is 6.99. The quantitative estimate of drug-likeness (QED) is 0.889. The Morgan fingerprint density at radius 3 is 2.78 bits per heavy atom. The van der Waals surface area contributed by atoms with Crippen molar-refractivity contribution in [1.82, 2.24) is 4.90 Å². The van der Waals surface area contributed by atoms with Crippen LogP contribution in [0.25, 0.3) is 0 Å². The number of hydrogen-bond donors (Lipinski definition) is 2. The predicted molar refractivity (Wildman–Crippen MR) is 83.9 cm³/mol. The molecular formula is C17H24N2O4. The van der Waals surface area contributed by atoms with Gasteiger partial charge in [0, 0.05) is 24.6 Å². The van der Waals surface area contributed by atoms with Crippen LogP contribution in [-0.4, -0.2) is 40.0 Å². The Morgan fingerprint density at radius 2 is 2.13 bits per heavy atom. The molecule has 3 rings (SSSR count). The fourth-order valence-electron chi connectivity index (χ4n) is 4.16. The van der Waals surface area contributed by atoms with Crippen molar-refractivity contribution < 1.29 is 19.1 Å². The molecule has 1 aromatic heterocycles. The number of primary amides is 1. The van der Waals surface area contributed by atoms with Gasteiger partial charge < -0.3 is 20.2 Å². The Labute approximate surface area is 135 Å². The number of amides is 2. The minimum Gasteiger partial charge on any atom is -0.458 e. The average Bonchev–Trinajstić information content (AvgIpc) is 3.15. The van der Waals surface area contributed by atoms with E-state index in [0.29, 0.717) is 12.1 Å². The highest BCUT2D eigenvalue weighted by atomic mass is 16.3. The molecule has 3 atom stereocenters. The van der Waals surface area contributed by atoms with Crippen LogP contribution in [-0.2, 0) is 0 Å². The van der Waals surface area contributed by atoms with Crippen molar-refractivity contribution in [3.63, 3.8) is 0 Å². The van der Waals surface area contributed by atoms with Crippen molar-refractivity contribution in [2.24, 2.45) is 11.7 Å². The van der Waals surface area contributed by atoms with Gasteiger partial charge in [-0.05, 0) is 32.6 Å². The fourth-order valence-corrected chi connectivity index (χ4v) is 4.16. The molecule has 0 unspecified atom stereocenters. The van der Waals surface area contributed by atoms with E-state index in [2.05, 4.69) is 0 Å². The smallest absolute Gasteiger partial charge is 0.284 e. The van der Waals surface area contributed by atoms with Crippen LogP contribution >= 0.6 is 0 Å². The molecule has 1 saturated heterocycles. The van der Waals surface area contributed by atoms with Gasteiger partial charge in [-0.25, -0.2) is 0 Å². The first kappa shape index (κ1) is 16.1. The third-order valence-corrected chi connectivity index (χ3v) is 5.36. The van der Waals surface area contributed by atoms with Crippen molar-refractivity contribution in [3.8, 4) is 0 Å². The molecule has 126 valence electrons. The topological polar surface area (TPSA) is 96.8 Å². The summed E-state index contributed by atoms with van der Waals surface area (Å²) in [7, 11) is 0. The first-order valence-electron chi connectivity index (χ1n) is 8.32. The SMILES string of the molecule is C[C@]1(O)CCCC[C@@H]1[C@@H]1CCCN1C(=O)c1coc(C(N)=O)c1. The lowest BCUT2D eigenvalue weighted by atomic mass is 9.72. The highest BCUT2D eigenvalue weighted by Crippen LogP contribution is 2.41. The Bertz CT molecular complexity index is 607. The van der Waals surface area contributed by atoms with Crippen molar-refractivity contribution in [2.75, 3.05) is 6.54 Å². The summed E-state index contributed by atoms with van der Waals surface area (Å²) in [6.45, 7) is 2.56. The summed E-state index contributed by atoms with van der Waals surface area (Å²) in [5.74, 6) is -0.735. The van der Waals surface area contributed by atoms with Gasteiger partial charge in [-0.1, -0.05) is 12.8 Å². The monoisotopic (exact) mass is 320 g/mol. The van der Waals surface area contributed by atoms with E-state index in [9.17, 15) is 14.7 Å². The summed E-state index contributed by atoms with van der Waals surface area (Å²) < 4.78 is 5.06. The Morgan fingerprint density at radius 1 is 1.35 bits per heavy atom. The van der Waals surface area contributed by atoms with E-state index in [0.717, 1.165) is 38.5 Å². The lowest BCUT2D eigenvalue weighted by Crippen LogP contribution is -2.50. The molecule has 23 heavy (non-hydrogen) atoms. The van der Waals surface area contributed by atoms with Gasteiger partial charge in [0.05, 0.1) is 11.2 Å². The molecule has 1 aromatic rings. The van der Waals surface area contributed by atoms with Crippen LogP contribution in [0.15, 0.2) is 16.7 Å². The minimum absolute atomic E-state index is 0.00578. The number of rotatable bonds is 3. The number of carbonyl (C=O) groups excluding carboxylic acids is 2. The van der Waals surface area contributed by atoms with Crippen LogP contribution in [0, 0.1) is 5.92 Å². The normalized spacial score (nSPS) is 31.3. The number of nitrogens with two attached hydrogens (primary N) is 1. The molecule has 1 aliphatic heterocycles. The highest BCUT2D eigenvalue weighted by molar-refractivity contribution is 5.98. The highest BCUT2D eigenvalue weighted by Gasteiger charge is 2.44. The lowest BCUT2D eigenvalue weighted by molar-refractivity contribution is -0.0577. The van der Waals surface area contributed by atoms with Crippen molar-refractivity contribution in [1.29, 1.82) is 0 Å². The van der Waals surface area contributed by atoms with E-state index in [4.69, 9.17) is 10.2 Å². The largest absolute Gasteiger partial charge is 0.458 e. The maximum atomic E-state index is 12.8. The second-order valence-electron chi connectivity index (χ2n) is 6.98. The van der Waals surface area contributed by atoms with Gasteiger partial charge in [0.1, 0.15) is 6.26 Å². The van der Waals surface area contributed by atoms with Gasteiger partial charge >= 0.3 is 0 Å². The number of carbonyl (C=O) groups is 2. The van der Waals surface area contributed by atoms with Crippen LogP contribution in [0.2, 0.25) is 0 Å². The molecule has 0 radical (unpaired) electrons. The Balaban J connectivity index is 1.80. The molecule has 2 fully saturated rings. The van der Waals surface area contributed by atoms with E-state index < -0.39 is 11.5 Å². The Hall–Kier alpha value is -1.82. The summed E-state index contributed by atoms with van der Waals surface area (Å²) in [4.78, 5) is 25.7. The molecule has 2 heterocycles. The molecular weight excluding hydrogens is 296 g/mol. The third kappa shape index (κ3) is 3.00. The van der Waals surface area contributed by atoms with E-state index in [1.807, 2.05) is 11.8 Å². The molecule has 0 spiro atoms. The van der Waals surface area contributed by atoms with Gasteiger partial charge in [0.2, 0.25) is 0 Å². The minimum atomic E-state index is -0.722. The number of aliphatic hydroxyl groups is 1.